The first-order valence-electron chi connectivity index (χ1n) is 5.44. The van der Waals surface area contributed by atoms with E-state index in [2.05, 4.69) is 25.1 Å². The molecule has 0 spiro atoms. The van der Waals surface area contributed by atoms with Crippen LogP contribution in [-0.4, -0.2) is 0 Å². The Bertz CT molecular complexity index is 413. The summed E-state index contributed by atoms with van der Waals surface area (Å²) < 4.78 is 0. The molecular formula is C14H15Cl. The van der Waals surface area contributed by atoms with Crippen LogP contribution in [0.5, 0.6) is 0 Å². The quantitative estimate of drug-likeness (QED) is 0.666. The Morgan fingerprint density at radius 1 is 1.13 bits per heavy atom. The highest BCUT2D eigenvalue weighted by Gasteiger charge is 2.09. The van der Waals surface area contributed by atoms with Crippen molar-refractivity contribution >= 4 is 17.2 Å². The lowest BCUT2D eigenvalue weighted by molar-refractivity contribution is 0.906. The van der Waals surface area contributed by atoms with E-state index in [-0.39, 0.29) is 0 Å². The van der Waals surface area contributed by atoms with E-state index in [4.69, 9.17) is 11.6 Å². The highest BCUT2D eigenvalue weighted by molar-refractivity contribution is 6.32. The van der Waals surface area contributed by atoms with Gasteiger partial charge in [-0.25, -0.2) is 0 Å². The molecule has 0 aliphatic heterocycles. The molecule has 2 rings (SSSR count). The highest BCUT2D eigenvalue weighted by atomic mass is 35.5. The molecule has 0 amide bonds. The van der Waals surface area contributed by atoms with Gasteiger partial charge in [0.15, 0.2) is 0 Å². The van der Waals surface area contributed by atoms with Crippen LogP contribution in [0.15, 0.2) is 42.0 Å². The number of rotatable bonds is 2. The first kappa shape index (κ1) is 10.5. The van der Waals surface area contributed by atoms with Gasteiger partial charge in [0.05, 0.1) is 0 Å². The molecule has 0 atom stereocenters. The predicted octanol–water partition coefficient (Wildman–Crippen LogP) is 4.85. The summed E-state index contributed by atoms with van der Waals surface area (Å²) in [5, 5.41) is 0.858. The Labute approximate surface area is 96.3 Å². The topological polar surface area (TPSA) is 0 Å². The summed E-state index contributed by atoms with van der Waals surface area (Å²) in [4.78, 5) is 0. The van der Waals surface area contributed by atoms with E-state index in [1.807, 2.05) is 18.2 Å². The molecule has 0 saturated heterocycles. The number of allylic oxidation sites excluding steroid dienone is 4. The average Bonchev–Trinajstić information content (AvgIpc) is 2.30. The summed E-state index contributed by atoms with van der Waals surface area (Å²) in [6.45, 7) is 2.21. The van der Waals surface area contributed by atoms with Gasteiger partial charge in [0.1, 0.15) is 0 Å². The fourth-order valence-corrected chi connectivity index (χ4v) is 2.18. The second-order valence-corrected chi connectivity index (χ2v) is 4.26. The standard InChI is InChI=1S/C14H15Cl/c1-2-11-7-9-12(10-8-11)13-5-3-4-6-14(13)15/h3-7,9H,2,8,10H2,1H3. The van der Waals surface area contributed by atoms with Crippen LogP contribution in [0.4, 0.5) is 0 Å². The third-order valence-electron chi connectivity index (χ3n) is 2.91. The van der Waals surface area contributed by atoms with Crippen molar-refractivity contribution in [3.05, 3.63) is 52.6 Å². The van der Waals surface area contributed by atoms with Gasteiger partial charge in [-0.2, -0.15) is 0 Å². The number of benzene rings is 1. The van der Waals surface area contributed by atoms with Crippen LogP contribution in [-0.2, 0) is 0 Å². The fraction of sp³-hybridized carbons (Fsp3) is 0.286. The van der Waals surface area contributed by atoms with Gasteiger partial charge in [0, 0.05) is 5.02 Å². The van der Waals surface area contributed by atoms with Crippen molar-refractivity contribution in [2.75, 3.05) is 0 Å². The van der Waals surface area contributed by atoms with E-state index in [0.29, 0.717) is 0 Å². The molecule has 78 valence electrons. The zero-order chi connectivity index (χ0) is 10.7. The van der Waals surface area contributed by atoms with Crippen molar-refractivity contribution in [3.63, 3.8) is 0 Å². The molecule has 1 heteroatoms. The van der Waals surface area contributed by atoms with Crippen LogP contribution in [0.25, 0.3) is 5.57 Å². The van der Waals surface area contributed by atoms with Crippen molar-refractivity contribution in [2.45, 2.75) is 26.2 Å². The fourth-order valence-electron chi connectivity index (χ4n) is 1.92. The first-order valence-corrected chi connectivity index (χ1v) is 5.82. The molecule has 0 radical (unpaired) electrons. The lowest BCUT2D eigenvalue weighted by Crippen LogP contribution is -1.93. The summed E-state index contributed by atoms with van der Waals surface area (Å²) >= 11 is 6.17. The van der Waals surface area contributed by atoms with Crippen LogP contribution < -0.4 is 0 Å². The lowest BCUT2D eigenvalue weighted by Gasteiger charge is -2.14. The van der Waals surface area contributed by atoms with Gasteiger partial charge in [0.2, 0.25) is 0 Å². The summed E-state index contributed by atoms with van der Waals surface area (Å²) in [6.07, 6.45) is 7.90. The molecule has 0 unspecified atom stereocenters. The van der Waals surface area contributed by atoms with Crippen molar-refractivity contribution in [2.24, 2.45) is 0 Å². The van der Waals surface area contributed by atoms with Crippen LogP contribution in [0.2, 0.25) is 5.02 Å². The maximum Gasteiger partial charge on any atom is 0.0481 e. The maximum atomic E-state index is 6.17. The molecule has 1 aliphatic rings. The molecule has 15 heavy (non-hydrogen) atoms. The van der Waals surface area contributed by atoms with Gasteiger partial charge in [0.25, 0.3) is 0 Å². The molecule has 1 aliphatic carbocycles. The Morgan fingerprint density at radius 2 is 1.93 bits per heavy atom. The largest absolute Gasteiger partial charge is 0.0837 e. The molecule has 0 N–H and O–H groups in total. The molecular weight excluding hydrogens is 204 g/mol. The van der Waals surface area contributed by atoms with Gasteiger partial charge in [-0.15, -0.1) is 0 Å². The molecule has 0 nitrogen and oxygen atoms in total. The van der Waals surface area contributed by atoms with Gasteiger partial charge in [-0.1, -0.05) is 54.4 Å². The van der Waals surface area contributed by atoms with E-state index in [1.165, 1.54) is 23.1 Å². The molecule has 0 bridgehead atoms. The van der Waals surface area contributed by atoms with Crippen LogP contribution >= 0.6 is 11.6 Å². The molecule has 1 aromatic carbocycles. The zero-order valence-corrected chi connectivity index (χ0v) is 9.72. The third kappa shape index (κ3) is 2.32. The Kier molecular flexibility index (Phi) is 3.27. The van der Waals surface area contributed by atoms with E-state index in [0.717, 1.165) is 17.9 Å². The minimum atomic E-state index is 0.858. The van der Waals surface area contributed by atoms with Crippen molar-refractivity contribution in [1.29, 1.82) is 0 Å². The summed E-state index contributed by atoms with van der Waals surface area (Å²) in [7, 11) is 0. The van der Waals surface area contributed by atoms with E-state index < -0.39 is 0 Å². The zero-order valence-electron chi connectivity index (χ0n) is 8.96. The minimum Gasteiger partial charge on any atom is -0.0837 e. The number of hydrogen-bond donors (Lipinski definition) is 0. The normalized spacial score (nSPS) is 15.9. The Hall–Kier alpha value is -1.01. The Morgan fingerprint density at radius 3 is 2.53 bits per heavy atom. The van der Waals surface area contributed by atoms with Gasteiger partial charge < -0.3 is 0 Å². The summed E-state index contributed by atoms with van der Waals surface area (Å²) in [5.74, 6) is 0. The Balaban J connectivity index is 2.30. The van der Waals surface area contributed by atoms with Crippen LogP contribution in [0, 0.1) is 0 Å². The van der Waals surface area contributed by atoms with Crippen LogP contribution in [0.3, 0.4) is 0 Å². The van der Waals surface area contributed by atoms with Crippen molar-refractivity contribution in [3.8, 4) is 0 Å². The third-order valence-corrected chi connectivity index (χ3v) is 3.24. The number of halogens is 1. The second-order valence-electron chi connectivity index (χ2n) is 3.85. The van der Waals surface area contributed by atoms with Crippen LogP contribution in [0.1, 0.15) is 31.7 Å². The highest BCUT2D eigenvalue weighted by Crippen LogP contribution is 2.31. The van der Waals surface area contributed by atoms with E-state index >= 15 is 0 Å². The molecule has 0 saturated carbocycles. The lowest BCUT2D eigenvalue weighted by atomic mass is 9.92. The van der Waals surface area contributed by atoms with Crippen molar-refractivity contribution < 1.29 is 0 Å². The molecule has 0 heterocycles. The maximum absolute atomic E-state index is 6.17. The van der Waals surface area contributed by atoms with Gasteiger partial charge >= 0.3 is 0 Å². The SMILES string of the molecule is CCC1=CC=C(c2ccccc2Cl)CC1. The average molecular weight is 219 g/mol. The molecule has 1 aromatic rings. The summed E-state index contributed by atoms with van der Waals surface area (Å²) in [6, 6.07) is 8.07. The first-order chi connectivity index (χ1) is 7.31. The minimum absolute atomic E-state index is 0.858. The van der Waals surface area contributed by atoms with Crippen molar-refractivity contribution in [1.82, 2.24) is 0 Å². The van der Waals surface area contributed by atoms with E-state index in [9.17, 15) is 0 Å². The predicted molar refractivity (Wildman–Crippen MR) is 67.0 cm³/mol. The van der Waals surface area contributed by atoms with Gasteiger partial charge in [-0.3, -0.25) is 0 Å². The summed E-state index contributed by atoms with van der Waals surface area (Å²) in [5.41, 5.74) is 4.08. The molecule has 0 aromatic heterocycles. The van der Waals surface area contributed by atoms with Gasteiger partial charge in [-0.05, 0) is 36.5 Å². The van der Waals surface area contributed by atoms with E-state index in [1.54, 1.807) is 0 Å². The second kappa shape index (κ2) is 4.67. The monoisotopic (exact) mass is 218 g/mol. The molecule has 0 fully saturated rings. The number of hydrogen-bond acceptors (Lipinski definition) is 0. The smallest absolute Gasteiger partial charge is 0.0481 e.